The Morgan fingerprint density at radius 2 is 2.69 bits per heavy atom. The molecule has 1 aliphatic rings. The second kappa shape index (κ2) is 3.08. The van der Waals surface area contributed by atoms with Gasteiger partial charge >= 0.3 is 6.09 Å². The first kappa shape index (κ1) is 8.10. The van der Waals surface area contributed by atoms with E-state index in [9.17, 15) is 4.79 Å². The van der Waals surface area contributed by atoms with Crippen LogP contribution in [0.25, 0.3) is 0 Å². The highest BCUT2D eigenvalue weighted by molar-refractivity contribution is 5.69. The minimum absolute atomic E-state index is 0.0691. The summed E-state index contributed by atoms with van der Waals surface area (Å²) in [5.74, 6) is 0.933. The van der Waals surface area contributed by atoms with Crippen molar-refractivity contribution in [1.82, 2.24) is 14.9 Å². The van der Waals surface area contributed by atoms with Gasteiger partial charge in [-0.05, 0) is 6.92 Å². The van der Waals surface area contributed by atoms with Gasteiger partial charge in [-0.3, -0.25) is 0 Å². The van der Waals surface area contributed by atoms with Crippen molar-refractivity contribution in [2.75, 3.05) is 6.54 Å². The smallest absolute Gasteiger partial charge is 0.407 e. The minimum Gasteiger partial charge on any atom is -0.442 e. The molecular formula is C8H11N3O2. The zero-order chi connectivity index (χ0) is 9.26. The number of amides is 1. The predicted octanol–water partition coefficient (Wildman–Crippen LogP) is 0.300. The molecule has 70 valence electrons. The second-order valence-electron chi connectivity index (χ2n) is 3.04. The first-order valence-corrected chi connectivity index (χ1v) is 4.18. The van der Waals surface area contributed by atoms with E-state index >= 15 is 0 Å². The maximum atomic E-state index is 10.7. The van der Waals surface area contributed by atoms with Crippen molar-refractivity contribution in [3.63, 3.8) is 0 Å². The van der Waals surface area contributed by atoms with Gasteiger partial charge in [0.05, 0.1) is 13.1 Å². The highest BCUT2D eigenvalue weighted by Gasteiger charge is 2.22. The number of nitrogens with zero attached hydrogens (tertiary/aromatic N) is 2. The molecule has 1 aromatic rings. The van der Waals surface area contributed by atoms with Crippen LogP contribution in [0.4, 0.5) is 4.79 Å². The zero-order valence-corrected chi connectivity index (χ0v) is 7.36. The number of carbonyl (C=O) groups excluding carboxylic acids is 1. The summed E-state index contributed by atoms with van der Waals surface area (Å²) in [7, 11) is 0. The molecule has 1 aliphatic heterocycles. The number of cyclic esters (lactones) is 1. The van der Waals surface area contributed by atoms with Gasteiger partial charge in [0.25, 0.3) is 0 Å². The summed E-state index contributed by atoms with van der Waals surface area (Å²) in [6.07, 6.45) is 3.21. The van der Waals surface area contributed by atoms with E-state index < -0.39 is 0 Å². The fourth-order valence-electron chi connectivity index (χ4n) is 1.35. The van der Waals surface area contributed by atoms with Gasteiger partial charge in [-0.25, -0.2) is 9.78 Å². The monoisotopic (exact) mass is 181 g/mol. The fourth-order valence-corrected chi connectivity index (χ4v) is 1.35. The third-order valence-corrected chi connectivity index (χ3v) is 2.07. The van der Waals surface area contributed by atoms with Crippen LogP contribution in [0.15, 0.2) is 12.4 Å². The molecule has 0 aliphatic carbocycles. The second-order valence-corrected chi connectivity index (χ2v) is 3.04. The Kier molecular flexibility index (Phi) is 1.92. The van der Waals surface area contributed by atoms with Crippen LogP contribution in [-0.4, -0.2) is 28.3 Å². The van der Waals surface area contributed by atoms with Gasteiger partial charge < -0.3 is 14.6 Å². The van der Waals surface area contributed by atoms with E-state index in [1.54, 1.807) is 6.20 Å². The molecule has 1 fully saturated rings. The molecule has 1 aromatic heterocycles. The Morgan fingerprint density at radius 1 is 1.85 bits per heavy atom. The van der Waals surface area contributed by atoms with Crippen molar-refractivity contribution in [3.8, 4) is 0 Å². The molecule has 1 saturated heterocycles. The molecule has 0 aromatic carbocycles. The van der Waals surface area contributed by atoms with Crippen molar-refractivity contribution in [1.29, 1.82) is 0 Å². The van der Waals surface area contributed by atoms with Crippen LogP contribution in [0.1, 0.15) is 5.82 Å². The summed E-state index contributed by atoms with van der Waals surface area (Å²) >= 11 is 0. The van der Waals surface area contributed by atoms with E-state index in [0.29, 0.717) is 13.1 Å². The quantitative estimate of drug-likeness (QED) is 0.713. The van der Waals surface area contributed by atoms with Crippen LogP contribution >= 0.6 is 0 Å². The summed E-state index contributed by atoms with van der Waals surface area (Å²) in [6.45, 7) is 3.17. The summed E-state index contributed by atoms with van der Waals surface area (Å²) in [5, 5.41) is 2.61. The van der Waals surface area contributed by atoms with E-state index in [1.807, 2.05) is 17.7 Å². The number of aromatic nitrogens is 2. The highest BCUT2D eigenvalue weighted by atomic mass is 16.6. The number of nitrogens with one attached hydrogen (secondary N) is 1. The Balaban J connectivity index is 1.99. The van der Waals surface area contributed by atoms with Crippen LogP contribution in [0, 0.1) is 6.92 Å². The highest BCUT2D eigenvalue weighted by Crippen LogP contribution is 2.05. The first-order chi connectivity index (χ1) is 6.25. The standard InChI is InChI=1S/C8H11N3O2/c1-6-9-2-3-11(6)5-7-4-10-8(12)13-7/h2-3,7H,4-5H2,1H3,(H,10,12). The molecular weight excluding hydrogens is 170 g/mol. The van der Waals surface area contributed by atoms with Crippen LogP contribution in [0.5, 0.6) is 0 Å². The molecule has 0 saturated carbocycles. The molecule has 13 heavy (non-hydrogen) atoms. The molecule has 5 nitrogen and oxygen atoms in total. The number of alkyl carbamates (subject to hydrolysis) is 1. The zero-order valence-electron chi connectivity index (χ0n) is 7.36. The molecule has 1 amide bonds. The molecule has 0 radical (unpaired) electrons. The Morgan fingerprint density at radius 3 is 3.23 bits per heavy atom. The summed E-state index contributed by atoms with van der Waals surface area (Å²) < 4.78 is 6.95. The molecule has 0 bridgehead atoms. The fraction of sp³-hybridized carbons (Fsp3) is 0.500. The number of rotatable bonds is 2. The Labute approximate surface area is 75.7 Å². The van der Waals surface area contributed by atoms with Gasteiger partial charge in [-0.1, -0.05) is 0 Å². The topological polar surface area (TPSA) is 56.2 Å². The SMILES string of the molecule is Cc1nccn1CC1CNC(=O)O1. The largest absolute Gasteiger partial charge is 0.442 e. The Hall–Kier alpha value is -1.52. The van der Waals surface area contributed by atoms with Crippen molar-refractivity contribution in [2.24, 2.45) is 0 Å². The number of hydrogen-bond donors (Lipinski definition) is 1. The lowest BCUT2D eigenvalue weighted by molar-refractivity contribution is 0.130. The van der Waals surface area contributed by atoms with E-state index in [4.69, 9.17) is 4.74 Å². The van der Waals surface area contributed by atoms with Crippen LogP contribution in [-0.2, 0) is 11.3 Å². The lowest BCUT2D eigenvalue weighted by atomic mass is 10.3. The predicted molar refractivity (Wildman–Crippen MR) is 45.2 cm³/mol. The number of aryl methyl sites for hydroxylation is 1. The van der Waals surface area contributed by atoms with E-state index in [0.717, 1.165) is 5.82 Å². The number of carbonyl (C=O) groups is 1. The maximum Gasteiger partial charge on any atom is 0.407 e. The third-order valence-electron chi connectivity index (χ3n) is 2.07. The lowest BCUT2D eigenvalue weighted by Crippen LogP contribution is -2.20. The van der Waals surface area contributed by atoms with Crippen molar-refractivity contribution in [3.05, 3.63) is 18.2 Å². The van der Waals surface area contributed by atoms with Crippen molar-refractivity contribution >= 4 is 6.09 Å². The van der Waals surface area contributed by atoms with Gasteiger partial charge in [0, 0.05) is 12.4 Å². The van der Waals surface area contributed by atoms with Crippen molar-refractivity contribution < 1.29 is 9.53 Å². The van der Waals surface area contributed by atoms with Crippen LogP contribution in [0.3, 0.4) is 0 Å². The molecule has 2 heterocycles. The average Bonchev–Trinajstić information content (AvgIpc) is 2.64. The third kappa shape index (κ3) is 1.63. The van der Waals surface area contributed by atoms with Gasteiger partial charge in [0.1, 0.15) is 11.9 Å². The van der Waals surface area contributed by atoms with Crippen LogP contribution < -0.4 is 5.32 Å². The molecule has 1 unspecified atom stereocenters. The molecule has 2 rings (SSSR count). The number of hydrogen-bond acceptors (Lipinski definition) is 3. The summed E-state index contributed by atoms with van der Waals surface area (Å²) in [6, 6.07) is 0. The average molecular weight is 181 g/mol. The molecule has 1 N–H and O–H groups in total. The van der Waals surface area contributed by atoms with Crippen molar-refractivity contribution in [2.45, 2.75) is 19.6 Å². The number of ether oxygens (including phenoxy) is 1. The lowest BCUT2D eigenvalue weighted by Gasteiger charge is -2.09. The molecule has 1 atom stereocenters. The van der Waals surface area contributed by atoms with E-state index in [-0.39, 0.29) is 12.2 Å². The summed E-state index contributed by atoms with van der Waals surface area (Å²) in [4.78, 5) is 14.8. The van der Waals surface area contributed by atoms with Gasteiger partial charge in [-0.2, -0.15) is 0 Å². The molecule has 0 spiro atoms. The molecule has 5 heteroatoms. The first-order valence-electron chi connectivity index (χ1n) is 4.18. The normalized spacial score (nSPS) is 21.3. The Bertz CT molecular complexity index is 321. The van der Waals surface area contributed by atoms with Crippen LogP contribution in [0.2, 0.25) is 0 Å². The van der Waals surface area contributed by atoms with E-state index in [2.05, 4.69) is 10.3 Å². The maximum absolute atomic E-state index is 10.7. The summed E-state index contributed by atoms with van der Waals surface area (Å²) in [5.41, 5.74) is 0. The van der Waals surface area contributed by atoms with Gasteiger partial charge in [0.2, 0.25) is 0 Å². The van der Waals surface area contributed by atoms with E-state index in [1.165, 1.54) is 0 Å². The van der Waals surface area contributed by atoms with Gasteiger partial charge in [-0.15, -0.1) is 0 Å². The number of imidazole rings is 1. The minimum atomic E-state index is -0.331. The van der Waals surface area contributed by atoms with Gasteiger partial charge in [0.15, 0.2) is 0 Å².